The van der Waals surface area contributed by atoms with E-state index in [1.807, 2.05) is 19.9 Å². The Morgan fingerprint density at radius 3 is 2.55 bits per heavy atom. The Hall–Kier alpha value is -3.35. The van der Waals surface area contributed by atoms with E-state index in [9.17, 15) is 9.18 Å². The van der Waals surface area contributed by atoms with E-state index < -0.39 is 0 Å². The normalized spacial score (nSPS) is 15.8. The van der Waals surface area contributed by atoms with Gasteiger partial charge in [0, 0.05) is 24.4 Å². The van der Waals surface area contributed by atoms with Crippen molar-refractivity contribution in [1.29, 1.82) is 0 Å². The van der Waals surface area contributed by atoms with Crippen LogP contribution in [0.15, 0.2) is 43.0 Å². The van der Waals surface area contributed by atoms with Gasteiger partial charge in [0.1, 0.15) is 5.82 Å². The first kappa shape index (κ1) is 19.0. The van der Waals surface area contributed by atoms with Crippen molar-refractivity contribution in [3.63, 3.8) is 0 Å². The topological polar surface area (TPSA) is 72.7 Å². The van der Waals surface area contributed by atoms with Gasteiger partial charge in [-0.25, -0.2) is 19.0 Å². The summed E-state index contributed by atoms with van der Waals surface area (Å²) in [5.74, 6) is 0.622. The van der Waals surface area contributed by atoms with Crippen LogP contribution in [0, 0.1) is 19.7 Å². The molecule has 4 rings (SSSR count). The van der Waals surface area contributed by atoms with E-state index in [2.05, 4.69) is 27.0 Å². The number of hydrogen-bond donors (Lipinski definition) is 1. The van der Waals surface area contributed by atoms with E-state index in [4.69, 9.17) is 0 Å². The number of aromatic nitrogens is 4. The molecule has 1 atom stereocenters. The van der Waals surface area contributed by atoms with Gasteiger partial charge in [-0.2, -0.15) is 0 Å². The van der Waals surface area contributed by atoms with Crippen molar-refractivity contribution in [2.45, 2.75) is 32.6 Å². The minimum Gasteiger partial charge on any atom is -0.365 e. The molecule has 6 nitrogen and oxygen atoms in total. The van der Waals surface area contributed by atoms with E-state index in [-0.39, 0.29) is 17.5 Å². The molecule has 1 N–H and O–H groups in total. The predicted octanol–water partition coefficient (Wildman–Crippen LogP) is 3.93. The van der Waals surface area contributed by atoms with Gasteiger partial charge < -0.3 is 5.32 Å². The molecule has 0 saturated carbocycles. The highest BCUT2D eigenvalue weighted by Gasteiger charge is 2.34. The number of carbonyl (C=O) groups is 1. The molecule has 0 bridgehead atoms. The number of fused-ring (bicyclic) bond motifs is 1. The van der Waals surface area contributed by atoms with E-state index in [1.54, 1.807) is 22.9 Å². The van der Waals surface area contributed by atoms with Crippen LogP contribution >= 0.6 is 0 Å². The van der Waals surface area contributed by atoms with Crippen molar-refractivity contribution < 1.29 is 9.18 Å². The molecule has 29 heavy (non-hydrogen) atoms. The molecule has 0 unspecified atom stereocenters. The molecular formula is C22H22FN5O. The number of halogens is 1. The highest BCUT2D eigenvalue weighted by Crippen LogP contribution is 2.36. The van der Waals surface area contributed by atoms with Crippen LogP contribution in [0.2, 0.25) is 0 Å². The zero-order chi connectivity index (χ0) is 20.5. The fraction of sp³-hybridized carbons (Fsp3) is 0.273. The number of carbonyl (C=O) groups excluding carboxylic acids is 1. The van der Waals surface area contributed by atoms with Crippen molar-refractivity contribution in [1.82, 2.24) is 19.7 Å². The molecule has 2 heterocycles. The summed E-state index contributed by atoms with van der Waals surface area (Å²) in [4.78, 5) is 22.1. The molecule has 1 aliphatic carbocycles. The van der Waals surface area contributed by atoms with Crippen LogP contribution in [-0.4, -0.2) is 32.1 Å². The fourth-order valence-corrected chi connectivity index (χ4v) is 3.80. The van der Waals surface area contributed by atoms with Gasteiger partial charge in [-0.05, 0) is 49.9 Å². The lowest BCUT2D eigenvalue weighted by Crippen LogP contribution is -2.21. The summed E-state index contributed by atoms with van der Waals surface area (Å²) in [5.41, 5.74) is 3.93. The molecule has 1 aliphatic rings. The van der Waals surface area contributed by atoms with Crippen molar-refractivity contribution in [2.24, 2.45) is 0 Å². The average Bonchev–Trinajstić information content (AvgIpc) is 3.05. The predicted molar refractivity (Wildman–Crippen MR) is 109 cm³/mol. The largest absolute Gasteiger partial charge is 0.365 e. The maximum absolute atomic E-state index is 13.3. The molecule has 7 heteroatoms. The Kier molecular flexibility index (Phi) is 4.96. The lowest BCUT2D eigenvalue weighted by Gasteiger charge is -2.23. The maximum atomic E-state index is 13.3. The second kappa shape index (κ2) is 7.58. The molecular weight excluding hydrogens is 369 g/mol. The van der Waals surface area contributed by atoms with Crippen molar-refractivity contribution in [3.05, 3.63) is 77.0 Å². The summed E-state index contributed by atoms with van der Waals surface area (Å²) < 4.78 is 15.0. The van der Waals surface area contributed by atoms with Crippen LogP contribution in [0.1, 0.15) is 45.3 Å². The van der Waals surface area contributed by atoms with Crippen LogP contribution < -0.4 is 5.32 Å². The van der Waals surface area contributed by atoms with Gasteiger partial charge >= 0.3 is 0 Å². The Balaban J connectivity index is 1.82. The zero-order valence-corrected chi connectivity index (χ0v) is 16.4. The molecule has 2 aromatic heterocycles. The number of aryl methyl sites for hydroxylation is 2. The van der Waals surface area contributed by atoms with Crippen LogP contribution in [0.5, 0.6) is 0 Å². The van der Waals surface area contributed by atoms with E-state index in [1.165, 1.54) is 12.1 Å². The summed E-state index contributed by atoms with van der Waals surface area (Å²) in [7, 11) is 0. The standard InChI is InChI=1S/C22H22FN5O/c1-4-9-24-21-20-18(28(27-21)22-25-13(2)10-14(3)26-22)11-16(12-19(20)29)15-5-7-17(23)8-6-15/h4-8,10,16H,1,9,11-12H2,2-3H3,(H,24,27)/t16-/m1/s1. The first-order valence-electron chi connectivity index (χ1n) is 9.54. The van der Waals surface area contributed by atoms with Crippen molar-refractivity contribution >= 4 is 11.6 Å². The number of anilines is 1. The summed E-state index contributed by atoms with van der Waals surface area (Å²) in [6, 6.07) is 8.22. The van der Waals surface area contributed by atoms with Crippen molar-refractivity contribution in [2.75, 3.05) is 11.9 Å². The number of benzene rings is 1. The van der Waals surface area contributed by atoms with Gasteiger partial charge in [-0.15, -0.1) is 11.7 Å². The molecule has 0 spiro atoms. The zero-order valence-electron chi connectivity index (χ0n) is 16.4. The molecule has 0 saturated heterocycles. The minimum absolute atomic E-state index is 0.00256. The van der Waals surface area contributed by atoms with Gasteiger partial charge in [0.2, 0.25) is 0 Å². The molecule has 3 aromatic rings. The molecule has 1 aromatic carbocycles. The summed E-state index contributed by atoms with van der Waals surface area (Å²) in [6.07, 6.45) is 2.65. The molecule has 0 fully saturated rings. The lowest BCUT2D eigenvalue weighted by atomic mass is 9.82. The number of rotatable bonds is 5. The Morgan fingerprint density at radius 2 is 1.90 bits per heavy atom. The summed E-state index contributed by atoms with van der Waals surface area (Å²) >= 11 is 0. The monoisotopic (exact) mass is 391 g/mol. The van der Waals surface area contributed by atoms with Gasteiger partial charge in [-0.3, -0.25) is 4.79 Å². The molecule has 0 aliphatic heterocycles. The van der Waals surface area contributed by atoms with Crippen LogP contribution in [0.25, 0.3) is 5.95 Å². The first-order valence-corrected chi connectivity index (χ1v) is 9.54. The SMILES string of the molecule is C=CCNc1nn(-c2nc(C)cc(C)n2)c2c1C(=O)C[C@H](c1ccc(F)cc1)C2. The number of ketones is 1. The minimum atomic E-state index is -0.291. The fourth-order valence-electron chi connectivity index (χ4n) is 3.80. The second-order valence-corrected chi connectivity index (χ2v) is 7.28. The Labute approximate surface area is 168 Å². The number of nitrogens with zero attached hydrogens (tertiary/aromatic N) is 4. The van der Waals surface area contributed by atoms with E-state index >= 15 is 0 Å². The van der Waals surface area contributed by atoms with Gasteiger partial charge in [-0.1, -0.05) is 18.2 Å². The molecule has 148 valence electrons. The maximum Gasteiger partial charge on any atom is 0.251 e. The van der Waals surface area contributed by atoms with Gasteiger partial charge in [0.15, 0.2) is 11.6 Å². The number of hydrogen-bond acceptors (Lipinski definition) is 5. The van der Waals surface area contributed by atoms with Crippen LogP contribution in [-0.2, 0) is 6.42 Å². The molecule has 0 amide bonds. The second-order valence-electron chi connectivity index (χ2n) is 7.28. The highest BCUT2D eigenvalue weighted by molar-refractivity contribution is 6.03. The van der Waals surface area contributed by atoms with E-state index in [0.29, 0.717) is 36.7 Å². The smallest absolute Gasteiger partial charge is 0.251 e. The summed E-state index contributed by atoms with van der Waals surface area (Å²) in [5, 5.41) is 7.78. The van der Waals surface area contributed by atoms with Gasteiger partial charge in [0.05, 0.1) is 11.3 Å². The summed E-state index contributed by atoms with van der Waals surface area (Å²) in [6.45, 7) is 8.01. The lowest BCUT2D eigenvalue weighted by molar-refractivity contribution is 0.0964. The third kappa shape index (κ3) is 3.68. The Morgan fingerprint density at radius 1 is 1.21 bits per heavy atom. The third-order valence-corrected chi connectivity index (χ3v) is 5.05. The third-order valence-electron chi connectivity index (χ3n) is 5.05. The van der Waals surface area contributed by atoms with Crippen LogP contribution in [0.4, 0.5) is 10.2 Å². The number of Topliss-reactive ketones (excluding diaryl/α,β-unsaturated/α-hetero) is 1. The molecule has 0 radical (unpaired) electrons. The van der Waals surface area contributed by atoms with Crippen LogP contribution in [0.3, 0.4) is 0 Å². The first-order chi connectivity index (χ1) is 14.0. The average molecular weight is 391 g/mol. The number of nitrogens with one attached hydrogen (secondary N) is 1. The quantitative estimate of drug-likeness (QED) is 0.667. The Bertz CT molecular complexity index is 1070. The van der Waals surface area contributed by atoms with Gasteiger partial charge in [0.25, 0.3) is 5.95 Å². The van der Waals surface area contributed by atoms with E-state index in [0.717, 1.165) is 22.6 Å². The van der Waals surface area contributed by atoms with Crippen molar-refractivity contribution in [3.8, 4) is 5.95 Å². The highest BCUT2D eigenvalue weighted by atomic mass is 19.1.